The fraction of sp³-hybridized carbons (Fsp3) is 0.526. The lowest BCUT2D eigenvalue weighted by Gasteiger charge is -2.30. The van der Waals surface area contributed by atoms with E-state index in [1.165, 1.54) is 4.90 Å². The number of benzene rings is 1. The lowest BCUT2D eigenvalue weighted by Crippen LogP contribution is -2.55. The topological polar surface area (TPSA) is 76.4 Å². The molecular weight excluding hydrogens is 316 g/mol. The third kappa shape index (κ3) is 5.87. The summed E-state index contributed by atoms with van der Waals surface area (Å²) in [6, 6.07) is 7.98. The first-order valence-corrected chi connectivity index (χ1v) is 8.31. The molecule has 6 heteroatoms. The fourth-order valence-electron chi connectivity index (χ4n) is 2.69. The minimum absolute atomic E-state index is 0.0188. The zero-order valence-corrected chi connectivity index (χ0v) is 16.0. The van der Waals surface area contributed by atoms with Gasteiger partial charge in [-0.2, -0.15) is 5.26 Å². The number of nitrogens with one attached hydrogen (secondary N) is 1. The maximum atomic E-state index is 12.7. The number of amides is 2. The van der Waals surface area contributed by atoms with Gasteiger partial charge >= 0.3 is 0 Å². The van der Waals surface area contributed by atoms with E-state index in [0.717, 1.165) is 16.8 Å². The van der Waals surface area contributed by atoms with E-state index >= 15 is 0 Å². The molecule has 0 fully saturated rings. The number of aryl methyl sites for hydroxylation is 2. The van der Waals surface area contributed by atoms with Crippen molar-refractivity contribution in [3.8, 4) is 6.07 Å². The van der Waals surface area contributed by atoms with Crippen LogP contribution in [0.25, 0.3) is 0 Å². The average molecular weight is 344 g/mol. The summed E-state index contributed by atoms with van der Waals surface area (Å²) in [5.74, 6) is -0.268. The Morgan fingerprint density at radius 2 is 1.72 bits per heavy atom. The van der Waals surface area contributed by atoms with E-state index in [1.807, 2.05) is 32.0 Å². The number of rotatable bonds is 7. The first-order valence-electron chi connectivity index (χ1n) is 8.31. The van der Waals surface area contributed by atoms with Gasteiger partial charge < -0.3 is 9.80 Å². The van der Waals surface area contributed by atoms with E-state index in [0.29, 0.717) is 6.54 Å². The Balaban J connectivity index is 2.94. The largest absolute Gasteiger partial charge is 0.347 e. The molecule has 0 radical (unpaired) electrons. The molecule has 1 rings (SSSR count). The zero-order valence-electron chi connectivity index (χ0n) is 16.0. The van der Waals surface area contributed by atoms with Crippen molar-refractivity contribution in [1.82, 2.24) is 10.2 Å². The van der Waals surface area contributed by atoms with Gasteiger partial charge in [0.05, 0.1) is 24.6 Å². The first kappa shape index (κ1) is 20.7. The monoisotopic (exact) mass is 344 g/mol. The van der Waals surface area contributed by atoms with Gasteiger partial charge in [-0.05, 0) is 51.0 Å². The molecule has 0 unspecified atom stereocenters. The normalized spacial score (nSPS) is 10.9. The smallest absolute Gasteiger partial charge is 0.241 e. The van der Waals surface area contributed by atoms with E-state index in [4.69, 9.17) is 5.26 Å². The number of carbonyl (C=O) groups is 2. The van der Waals surface area contributed by atoms with Crippen LogP contribution in [0.2, 0.25) is 0 Å². The van der Waals surface area contributed by atoms with Gasteiger partial charge in [0.2, 0.25) is 11.8 Å². The maximum absolute atomic E-state index is 12.7. The van der Waals surface area contributed by atoms with Crippen LogP contribution in [-0.2, 0) is 9.59 Å². The van der Waals surface area contributed by atoms with E-state index in [1.54, 1.807) is 32.8 Å². The van der Waals surface area contributed by atoms with Gasteiger partial charge in [0.25, 0.3) is 0 Å². The van der Waals surface area contributed by atoms with Crippen LogP contribution < -0.4 is 10.2 Å². The highest BCUT2D eigenvalue weighted by atomic mass is 16.2. The standard InChI is InChI=1S/C19H28N4O2/c1-14-10-15(2)12-16(11-14)23(9-7-8-20)17(24)13-21-19(3,4)18(25)22(5)6/h10-12,21H,7,9,13H2,1-6H3. The molecule has 1 aromatic rings. The predicted octanol–water partition coefficient (Wildman–Crippen LogP) is 2.01. The number of likely N-dealkylation sites (N-methyl/N-ethyl adjacent to an activating group) is 1. The molecule has 1 aromatic carbocycles. The van der Waals surface area contributed by atoms with Gasteiger partial charge in [0, 0.05) is 26.3 Å². The number of nitrogens with zero attached hydrogens (tertiary/aromatic N) is 3. The molecule has 0 aromatic heterocycles. The average Bonchev–Trinajstić information content (AvgIpc) is 2.51. The van der Waals surface area contributed by atoms with Crippen molar-refractivity contribution in [2.45, 2.75) is 39.7 Å². The van der Waals surface area contributed by atoms with Gasteiger partial charge in [-0.25, -0.2) is 0 Å². The lowest BCUT2D eigenvalue weighted by molar-refractivity contribution is -0.134. The minimum atomic E-state index is -0.845. The first-order chi connectivity index (χ1) is 11.6. The van der Waals surface area contributed by atoms with E-state index in [9.17, 15) is 9.59 Å². The number of hydrogen-bond donors (Lipinski definition) is 1. The maximum Gasteiger partial charge on any atom is 0.241 e. The fourth-order valence-corrected chi connectivity index (χ4v) is 2.69. The van der Waals surface area contributed by atoms with Crippen LogP contribution in [0.3, 0.4) is 0 Å². The summed E-state index contributed by atoms with van der Waals surface area (Å²) >= 11 is 0. The molecule has 6 nitrogen and oxygen atoms in total. The highest BCUT2D eigenvalue weighted by molar-refractivity contribution is 5.95. The molecule has 136 valence electrons. The SMILES string of the molecule is Cc1cc(C)cc(N(CCC#N)C(=O)CNC(C)(C)C(=O)N(C)C)c1. The van der Waals surface area contributed by atoms with Crippen LogP contribution in [-0.4, -0.2) is 49.4 Å². The summed E-state index contributed by atoms with van der Waals surface area (Å²) in [7, 11) is 3.37. The van der Waals surface area contributed by atoms with Gasteiger partial charge in [0.1, 0.15) is 0 Å². The Bertz CT molecular complexity index is 654. The van der Waals surface area contributed by atoms with Crippen LogP contribution in [0, 0.1) is 25.2 Å². The van der Waals surface area contributed by atoms with Crippen molar-refractivity contribution in [2.24, 2.45) is 0 Å². The van der Waals surface area contributed by atoms with Crippen molar-refractivity contribution in [2.75, 3.05) is 32.1 Å². The molecule has 25 heavy (non-hydrogen) atoms. The molecular formula is C19H28N4O2. The summed E-state index contributed by atoms with van der Waals surface area (Å²) < 4.78 is 0. The zero-order chi connectivity index (χ0) is 19.2. The van der Waals surface area contributed by atoms with Crippen molar-refractivity contribution >= 4 is 17.5 Å². The van der Waals surface area contributed by atoms with Gasteiger partial charge in [-0.15, -0.1) is 0 Å². The van der Waals surface area contributed by atoms with E-state index in [2.05, 4.69) is 11.4 Å². The highest BCUT2D eigenvalue weighted by Gasteiger charge is 2.30. The van der Waals surface area contributed by atoms with E-state index in [-0.39, 0.29) is 24.8 Å². The number of carbonyl (C=O) groups excluding carboxylic acids is 2. The molecule has 0 heterocycles. The quantitative estimate of drug-likeness (QED) is 0.821. The van der Waals surface area contributed by atoms with E-state index < -0.39 is 5.54 Å². The molecule has 0 bridgehead atoms. The Hall–Kier alpha value is -2.39. The Morgan fingerprint density at radius 3 is 2.20 bits per heavy atom. The number of hydrogen-bond acceptors (Lipinski definition) is 4. The molecule has 0 spiro atoms. The summed E-state index contributed by atoms with van der Waals surface area (Å²) in [5.41, 5.74) is 2.04. The molecule has 0 aliphatic rings. The van der Waals surface area contributed by atoms with Crippen LogP contribution in [0.5, 0.6) is 0 Å². The molecule has 1 N–H and O–H groups in total. The van der Waals surface area contributed by atoms with Crippen LogP contribution >= 0.6 is 0 Å². The van der Waals surface area contributed by atoms with Crippen molar-refractivity contribution in [3.05, 3.63) is 29.3 Å². The summed E-state index contributed by atoms with van der Waals surface area (Å²) in [6.07, 6.45) is 0.249. The predicted molar refractivity (Wildman–Crippen MR) is 99.3 cm³/mol. The second kappa shape index (κ2) is 8.63. The molecule has 2 amide bonds. The Morgan fingerprint density at radius 1 is 1.16 bits per heavy atom. The highest BCUT2D eigenvalue weighted by Crippen LogP contribution is 2.19. The van der Waals surface area contributed by atoms with Gasteiger partial charge in [-0.3, -0.25) is 14.9 Å². The third-order valence-electron chi connectivity index (χ3n) is 3.89. The second-order valence-corrected chi connectivity index (χ2v) is 6.98. The number of nitriles is 1. The molecule has 0 atom stereocenters. The Labute approximate surface area is 150 Å². The van der Waals surface area contributed by atoms with Gasteiger partial charge in [-0.1, -0.05) is 6.07 Å². The summed E-state index contributed by atoms with van der Waals surface area (Å²) in [4.78, 5) is 28.0. The van der Waals surface area contributed by atoms with Crippen LogP contribution in [0.15, 0.2) is 18.2 Å². The van der Waals surface area contributed by atoms with Crippen LogP contribution in [0.1, 0.15) is 31.4 Å². The van der Waals surface area contributed by atoms with Crippen molar-refractivity contribution in [3.63, 3.8) is 0 Å². The van der Waals surface area contributed by atoms with Crippen LogP contribution in [0.4, 0.5) is 5.69 Å². The number of anilines is 1. The second-order valence-electron chi connectivity index (χ2n) is 6.98. The third-order valence-corrected chi connectivity index (χ3v) is 3.89. The molecule has 0 aliphatic heterocycles. The Kier molecular flexibility index (Phi) is 7.13. The summed E-state index contributed by atoms with van der Waals surface area (Å²) in [6.45, 7) is 7.78. The molecule has 0 aliphatic carbocycles. The van der Waals surface area contributed by atoms with Crippen molar-refractivity contribution < 1.29 is 9.59 Å². The molecule has 0 saturated heterocycles. The van der Waals surface area contributed by atoms with Gasteiger partial charge in [0.15, 0.2) is 0 Å². The minimum Gasteiger partial charge on any atom is -0.347 e. The summed E-state index contributed by atoms with van der Waals surface area (Å²) in [5, 5.41) is 11.9. The van der Waals surface area contributed by atoms with Crippen molar-refractivity contribution in [1.29, 1.82) is 5.26 Å². The molecule has 0 saturated carbocycles. The lowest BCUT2D eigenvalue weighted by atomic mass is 10.0.